The first-order valence-electron chi connectivity index (χ1n) is 10.9. The molecule has 36 heavy (non-hydrogen) atoms. The molecule has 0 aliphatic carbocycles. The zero-order chi connectivity index (χ0) is 25.6. The first-order valence-corrected chi connectivity index (χ1v) is 13.3. The molecule has 0 unspecified atom stereocenters. The molecule has 1 atom stereocenters. The van der Waals surface area contributed by atoms with Gasteiger partial charge in [0, 0.05) is 10.0 Å². The van der Waals surface area contributed by atoms with E-state index in [-0.39, 0.29) is 19.0 Å². The monoisotopic (exact) mass is 634 g/mol. The van der Waals surface area contributed by atoms with E-state index in [9.17, 15) is 9.59 Å². The lowest BCUT2D eigenvalue weighted by molar-refractivity contribution is -0.139. The third kappa shape index (κ3) is 4.29. The molecule has 5 rings (SSSR count). The van der Waals surface area contributed by atoms with Crippen molar-refractivity contribution in [2.45, 2.75) is 19.9 Å². The SMILES string of the molecule is CCOC(=O)C1=C(C)N=c2s/c(=C\c3cc(Br)cc(Br)c3OC)c(=O)n2[C@@H]1c1ccc2c(c1)OCO2. The number of allylic oxidation sites excluding steroid dienone is 1. The van der Waals surface area contributed by atoms with E-state index < -0.39 is 12.0 Å². The van der Waals surface area contributed by atoms with E-state index in [0.717, 1.165) is 8.95 Å². The van der Waals surface area contributed by atoms with Crippen LogP contribution in [0.5, 0.6) is 17.2 Å². The van der Waals surface area contributed by atoms with Gasteiger partial charge in [0.2, 0.25) is 6.79 Å². The highest BCUT2D eigenvalue weighted by Gasteiger charge is 2.34. The van der Waals surface area contributed by atoms with E-state index in [1.165, 1.54) is 15.9 Å². The van der Waals surface area contributed by atoms with Crippen LogP contribution >= 0.6 is 43.2 Å². The lowest BCUT2D eigenvalue weighted by Gasteiger charge is -2.24. The Morgan fingerprint density at radius 2 is 2.03 bits per heavy atom. The number of aromatic nitrogens is 1. The van der Waals surface area contributed by atoms with Crippen LogP contribution in [-0.2, 0) is 9.53 Å². The Hall–Kier alpha value is -2.89. The van der Waals surface area contributed by atoms with E-state index in [4.69, 9.17) is 18.9 Å². The molecule has 1 aromatic heterocycles. The van der Waals surface area contributed by atoms with Gasteiger partial charge in [0.05, 0.1) is 40.0 Å². The molecule has 3 heterocycles. The highest BCUT2D eigenvalue weighted by atomic mass is 79.9. The summed E-state index contributed by atoms with van der Waals surface area (Å²) in [6.07, 6.45) is 1.76. The van der Waals surface area contributed by atoms with Crippen LogP contribution in [0.1, 0.15) is 31.0 Å². The number of benzene rings is 2. The molecule has 0 radical (unpaired) electrons. The van der Waals surface area contributed by atoms with Crippen LogP contribution in [0, 0.1) is 0 Å². The average Bonchev–Trinajstić information content (AvgIpc) is 3.42. The Bertz CT molecular complexity index is 1610. The second-order valence-electron chi connectivity index (χ2n) is 7.93. The normalized spacial score (nSPS) is 16.6. The number of carbonyl (C=O) groups is 1. The summed E-state index contributed by atoms with van der Waals surface area (Å²) in [4.78, 5) is 32.0. The fourth-order valence-electron chi connectivity index (χ4n) is 4.23. The molecule has 0 fully saturated rings. The fourth-order valence-corrected chi connectivity index (χ4v) is 6.69. The zero-order valence-corrected chi connectivity index (χ0v) is 23.5. The summed E-state index contributed by atoms with van der Waals surface area (Å²) in [5.41, 5.74) is 1.91. The number of nitrogens with zero attached hydrogens (tertiary/aromatic N) is 2. The van der Waals surface area contributed by atoms with Crippen molar-refractivity contribution < 1.29 is 23.7 Å². The molecular weight excluding hydrogens is 616 g/mol. The molecule has 11 heteroatoms. The third-order valence-corrected chi connectivity index (χ3v) is 7.79. The molecule has 0 spiro atoms. The summed E-state index contributed by atoms with van der Waals surface area (Å²) in [7, 11) is 1.57. The molecule has 8 nitrogen and oxygen atoms in total. The Labute approximate surface area is 226 Å². The number of hydrogen-bond acceptors (Lipinski definition) is 8. The first-order chi connectivity index (χ1) is 17.3. The molecule has 3 aromatic rings. The fraction of sp³-hybridized carbons (Fsp3) is 0.240. The second kappa shape index (κ2) is 9.87. The highest BCUT2D eigenvalue weighted by Crippen LogP contribution is 2.38. The van der Waals surface area contributed by atoms with Gasteiger partial charge in [0.1, 0.15) is 5.75 Å². The van der Waals surface area contributed by atoms with Crippen molar-refractivity contribution in [1.29, 1.82) is 0 Å². The maximum atomic E-state index is 13.8. The summed E-state index contributed by atoms with van der Waals surface area (Å²) in [6.45, 7) is 3.80. The predicted molar refractivity (Wildman–Crippen MR) is 141 cm³/mol. The summed E-state index contributed by atoms with van der Waals surface area (Å²) in [5, 5.41) is 0. The number of hydrogen-bond donors (Lipinski definition) is 0. The summed E-state index contributed by atoms with van der Waals surface area (Å²) >= 11 is 8.24. The number of fused-ring (bicyclic) bond motifs is 2. The Balaban J connectivity index is 1.75. The topological polar surface area (TPSA) is 88.4 Å². The molecule has 0 amide bonds. The molecule has 2 aliphatic rings. The van der Waals surface area contributed by atoms with E-state index in [1.54, 1.807) is 39.2 Å². The third-order valence-electron chi connectivity index (χ3n) is 5.76. The van der Waals surface area contributed by atoms with Gasteiger partial charge in [0.15, 0.2) is 16.3 Å². The Kier molecular flexibility index (Phi) is 6.80. The smallest absolute Gasteiger partial charge is 0.338 e. The quantitative estimate of drug-likeness (QED) is 0.393. The van der Waals surface area contributed by atoms with Gasteiger partial charge in [-0.1, -0.05) is 33.3 Å². The van der Waals surface area contributed by atoms with Crippen molar-refractivity contribution in [1.82, 2.24) is 4.57 Å². The van der Waals surface area contributed by atoms with Crippen LogP contribution < -0.4 is 29.1 Å². The minimum atomic E-state index is -0.743. The van der Waals surface area contributed by atoms with Crippen molar-refractivity contribution in [2.75, 3.05) is 20.5 Å². The largest absolute Gasteiger partial charge is 0.495 e. The molecule has 186 valence electrons. The maximum absolute atomic E-state index is 13.8. The van der Waals surface area contributed by atoms with E-state index >= 15 is 0 Å². The first kappa shape index (κ1) is 24.8. The summed E-state index contributed by atoms with van der Waals surface area (Å²) < 4.78 is 25.5. The van der Waals surface area contributed by atoms with E-state index in [2.05, 4.69) is 36.9 Å². The minimum absolute atomic E-state index is 0.116. The standard InChI is InChI=1S/C25H20Br2N2O6S/c1-4-33-24(31)20-12(2)28-25-29(21(20)13-5-6-17-18(8-13)35-11-34-17)23(30)19(36-25)9-14-7-15(26)10-16(27)22(14)32-3/h5-10,21H,4,11H2,1-3H3/b19-9-/t21-/m1/s1. The molecule has 0 N–H and O–H groups in total. The zero-order valence-electron chi connectivity index (χ0n) is 19.5. The predicted octanol–water partition coefficient (Wildman–Crippen LogP) is 4.06. The van der Waals surface area contributed by atoms with Crippen molar-refractivity contribution in [3.63, 3.8) is 0 Å². The van der Waals surface area contributed by atoms with Crippen LogP contribution in [0.2, 0.25) is 0 Å². The number of ether oxygens (including phenoxy) is 4. The number of thiazole rings is 1. The van der Waals surface area contributed by atoms with Gasteiger partial charge in [-0.3, -0.25) is 9.36 Å². The van der Waals surface area contributed by atoms with Gasteiger partial charge in [-0.05, 0) is 65.7 Å². The molecule has 2 aliphatic heterocycles. The molecule has 0 saturated carbocycles. The van der Waals surface area contributed by atoms with E-state index in [0.29, 0.717) is 49.0 Å². The van der Waals surface area contributed by atoms with Gasteiger partial charge in [-0.15, -0.1) is 0 Å². The number of methoxy groups -OCH3 is 1. The number of carbonyl (C=O) groups excluding carboxylic acids is 1. The van der Waals surface area contributed by atoms with Gasteiger partial charge < -0.3 is 18.9 Å². The maximum Gasteiger partial charge on any atom is 0.338 e. The molecule has 2 aromatic carbocycles. The van der Waals surface area contributed by atoms with Crippen LogP contribution in [0.4, 0.5) is 0 Å². The molecule has 0 saturated heterocycles. The van der Waals surface area contributed by atoms with Gasteiger partial charge in [-0.25, -0.2) is 9.79 Å². The van der Waals surface area contributed by atoms with Crippen LogP contribution in [0.15, 0.2) is 60.3 Å². The van der Waals surface area contributed by atoms with Gasteiger partial charge in [0.25, 0.3) is 5.56 Å². The number of rotatable bonds is 5. The van der Waals surface area contributed by atoms with Crippen molar-refractivity contribution in [3.05, 3.63) is 81.4 Å². The van der Waals surface area contributed by atoms with Crippen LogP contribution in [0.25, 0.3) is 6.08 Å². The molecule has 0 bridgehead atoms. The number of esters is 1. The van der Waals surface area contributed by atoms with E-state index in [1.807, 2.05) is 18.2 Å². The van der Waals surface area contributed by atoms with Crippen LogP contribution in [0.3, 0.4) is 0 Å². The lowest BCUT2D eigenvalue weighted by Crippen LogP contribution is -2.39. The van der Waals surface area contributed by atoms with Gasteiger partial charge in [-0.2, -0.15) is 0 Å². The highest BCUT2D eigenvalue weighted by molar-refractivity contribution is 9.11. The minimum Gasteiger partial charge on any atom is -0.495 e. The lowest BCUT2D eigenvalue weighted by atomic mass is 9.95. The summed E-state index contributed by atoms with van der Waals surface area (Å²) in [6, 6.07) is 8.38. The van der Waals surface area contributed by atoms with Crippen molar-refractivity contribution in [2.24, 2.45) is 4.99 Å². The number of halogens is 2. The van der Waals surface area contributed by atoms with Crippen molar-refractivity contribution in [3.8, 4) is 17.2 Å². The van der Waals surface area contributed by atoms with Crippen LogP contribution in [-0.4, -0.2) is 31.0 Å². The second-order valence-corrected chi connectivity index (χ2v) is 10.7. The Morgan fingerprint density at radius 3 is 2.78 bits per heavy atom. The summed E-state index contributed by atoms with van der Waals surface area (Å²) in [5.74, 6) is 1.24. The Morgan fingerprint density at radius 1 is 1.25 bits per heavy atom. The van der Waals surface area contributed by atoms with Gasteiger partial charge >= 0.3 is 5.97 Å². The van der Waals surface area contributed by atoms with Crippen molar-refractivity contribution >= 4 is 55.2 Å². The average molecular weight is 636 g/mol. The molecular formula is C25H20Br2N2O6S.